The molecule has 4 nitrogen and oxygen atoms in total. The molecule has 0 bridgehead atoms. The minimum atomic E-state index is -3.62. The van der Waals surface area contributed by atoms with Gasteiger partial charge in [0.15, 0.2) is 0 Å². The van der Waals surface area contributed by atoms with Crippen LogP contribution < -0.4 is 10.0 Å². The van der Waals surface area contributed by atoms with Crippen LogP contribution in [0.5, 0.6) is 0 Å². The fourth-order valence-electron chi connectivity index (χ4n) is 3.50. The Kier molecular flexibility index (Phi) is 8.46. The van der Waals surface area contributed by atoms with E-state index < -0.39 is 21.3 Å². The van der Waals surface area contributed by atoms with Crippen molar-refractivity contribution in [3.8, 4) is 0 Å². The van der Waals surface area contributed by atoms with Crippen molar-refractivity contribution in [1.82, 2.24) is 10.0 Å². The van der Waals surface area contributed by atoms with E-state index in [1.807, 2.05) is 78.9 Å². The van der Waals surface area contributed by atoms with Crippen LogP contribution in [-0.2, 0) is 16.4 Å². The molecule has 0 aromatic heterocycles. The molecule has 2 N–H and O–H groups in total. The third-order valence-corrected chi connectivity index (χ3v) is 6.71. The number of sulfonamides is 1. The highest BCUT2D eigenvalue weighted by atomic mass is 35.5. The topological polar surface area (TPSA) is 58.2 Å². The van der Waals surface area contributed by atoms with Crippen molar-refractivity contribution in [3.63, 3.8) is 0 Å². The Labute approximate surface area is 184 Å². The molecule has 0 heterocycles. The van der Waals surface area contributed by atoms with Crippen LogP contribution in [-0.4, -0.2) is 20.2 Å². The second kappa shape index (κ2) is 11.3. The van der Waals surface area contributed by atoms with Crippen LogP contribution in [0, 0.1) is 0 Å². The maximum Gasteiger partial charge on any atom is 0.226 e. The molecule has 3 rings (SSSR count). The molecule has 0 spiro atoms. The Morgan fingerprint density at radius 2 is 1.23 bits per heavy atom. The maximum absolute atomic E-state index is 12.4. The Morgan fingerprint density at radius 1 is 0.733 bits per heavy atom. The van der Waals surface area contributed by atoms with Crippen molar-refractivity contribution >= 4 is 21.6 Å². The van der Waals surface area contributed by atoms with Gasteiger partial charge in [-0.05, 0) is 36.1 Å². The molecule has 2 atom stereocenters. The minimum Gasteiger partial charge on any atom is -0.308 e. The van der Waals surface area contributed by atoms with Crippen molar-refractivity contribution in [2.45, 2.75) is 24.9 Å². The summed E-state index contributed by atoms with van der Waals surface area (Å²) < 4.78 is 27.5. The van der Waals surface area contributed by atoms with Gasteiger partial charge in [-0.25, -0.2) is 13.1 Å². The van der Waals surface area contributed by atoms with E-state index in [2.05, 4.69) is 22.2 Å². The SMILES string of the molecule is O=S(=O)(CCl)N[C@@H](c1ccccc1)[C@@H](NCCCc1ccccc1)c1ccccc1. The van der Waals surface area contributed by atoms with E-state index in [9.17, 15) is 8.42 Å². The molecular formula is C24H27ClN2O2S. The Hall–Kier alpha value is -2.18. The highest BCUT2D eigenvalue weighted by molar-refractivity contribution is 7.90. The van der Waals surface area contributed by atoms with Crippen LogP contribution in [0.2, 0.25) is 0 Å². The number of hydrogen-bond donors (Lipinski definition) is 2. The van der Waals surface area contributed by atoms with Gasteiger partial charge in [-0.15, -0.1) is 11.6 Å². The lowest BCUT2D eigenvalue weighted by Gasteiger charge is -2.29. The van der Waals surface area contributed by atoms with Gasteiger partial charge in [0.2, 0.25) is 10.0 Å². The van der Waals surface area contributed by atoms with Crippen LogP contribution in [0.15, 0.2) is 91.0 Å². The van der Waals surface area contributed by atoms with E-state index in [-0.39, 0.29) is 6.04 Å². The molecule has 158 valence electrons. The first-order chi connectivity index (χ1) is 14.6. The zero-order chi connectivity index (χ0) is 21.2. The van der Waals surface area contributed by atoms with Gasteiger partial charge in [0, 0.05) is 0 Å². The van der Waals surface area contributed by atoms with Gasteiger partial charge in [-0.1, -0.05) is 91.0 Å². The summed E-state index contributed by atoms with van der Waals surface area (Å²) in [6.07, 6.45) is 1.90. The Morgan fingerprint density at radius 3 is 1.77 bits per heavy atom. The standard InChI is InChI=1S/C24H27ClN2O2S/c25-19-30(28,29)27-24(22-16-8-3-9-17-22)23(21-14-6-2-7-15-21)26-18-10-13-20-11-4-1-5-12-20/h1-9,11-12,14-17,23-24,26-27H,10,13,18-19H2/t23-,24-/m0/s1. The summed E-state index contributed by atoms with van der Waals surface area (Å²) in [6, 6.07) is 29.2. The van der Waals surface area contributed by atoms with Gasteiger partial charge >= 0.3 is 0 Å². The molecule has 0 aliphatic carbocycles. The predicted octanol–water partition coefficient (Wildman–Crippen LogP) is 4.81. The predicted molar refractivity (Wildman–Crippen MR) is 124 cm³/mol. The number of nitrogens with one attached hydrogen (secondary N) is 2. The minimum absolute atomic E-state index is 0.234. The summed E-state index contributed by atoms with van der Waals surface area (Å²) in [5, 5.41) is 3.10. The number of benzene rings is 3. The average Bonchev–Trinajstić information content (AvgIpc) is 2.80. The van der Waals surface area contributed by atoms with Gasteiger partial charge in [0.25, 0.3) is 0 Å². The normalized spacial score (nSPS) is 13.6. The second-order valence-electron chi connectivity index (χ2n) is 7.16. The molecule has 0 amide bonds. The fourth-order valence-corrected chi connectivity index (χ4v) is 4.41. The summed E-state index contributed by atoms with van der Waals surface area (Å²) in [6.45, 7) is 0.750. The third-order valence-electron chi connectivity index (χ3n) is 4.95. The van der Waals surface area contributed by atoms with E-state index in [4.69, 9.17) is 11.6 Å². The number of halogens is 1. The van der Waals surface area contributed by atoms with Crippen molar-refractivity contribution < 1.29 is 8.42 Å². The van der Waals surface area contributed by atoms with E-state index in [1.54, 1.807) is 0 Å². The van der Waals surface area contributed by atoms with Crippen LogP contribution in [0.4, 0.5) is 0 Å². The van der Waals surface area contributed by atoms with Gasteiger partial charge < -0.3 is 5.32 Å². The third kappa shape index (κ3) is 6.67. The number of aryl methyl sites for hydroxylation is 1. The monoisotopic (exact) mass is 442 g/mol. The van der Waals surface area contributed by atoms with Crippen LogP contribution in [0.1, 0.15) is 35.2 Å². The highest BCUT2D eigenvalue weighted by Gasteiger charge is 2.28. The van der Waals surface area contributed by atoms with Crippen LogP contribution >= 0.6 is 11.6 Å². The van der Waals surface area contributed by atoms with Crippen molar-refractivity contribution in [3.05, 3.63) is 108 Å². The van der Waals surface area contributed by atoms with E-state index in [0.29, 0.717) is 0 Å². The number of hydrogen-bond acceptors (Lipinski definition) is 3. The van der Waals surface area contributed by atoms with E-state index >= 15 is 0 Å². The quantitative estimate of drug-likeness (QED) is 0.331. The van der Waals surface area contributed by atoms with Crippen molar-refractivity contribution in [2.24, 2.45) is 0 Å². The highest BCUT2D eigenvalue weighted by Crippen LogP contribution is 2.30. The molecule has 0 aliphatic heterocycles. The largest absolute Gasteiger partial charge is 0.308 e. The lowest BCUT2D eigenvalue weighted by Crippen LogP contribution is -2.39. The van der Waals surface area contributed by atoms with Gasteiger partial charge in [-0.3, -0.25) is 0 Å². The number of rotatable bonds is 11. The Bertz CT molecular complexity index is 983. The van der Waals surface area contributed by atoms with Gasteiger partial charge in [-0.2, -0.15) is 0 Å². The van der Waals surface area contributed by atoms with Crippen molar-refractivity contribution in [2.75, 3.05) is 11.8 Å². The molecular weight excluding hydrogens is 416 g/mol. The van der Waals surface area contributed by atoms with E-state index in [1.165, 1.54) is 5.56 Å². The number of alkyl halides is 1. The molecule has 0 radical (unpaired) electrons. The molecule has 0 aliphatic rings. The van der Waals surface area contributed by atoms with Crippen molar-refractivity contribution in [1.29, 1.82) is 0 Å². The second-order valence-corrected chi connectivity index (χ2v) is 9.50. The summed E-state index contributed by atoms with van der Waals surface area (Å²) in [4.78, 5) is 0. The summed E-state index contributed by atoms with van der Waals surface area (Å²) >= 11 is 5.70. The molecule has 6 heteroatoms. The molecule has 30 heavy (non-hydrogen) atoms. The zero-order valence-electron chi connectivity index (χ0n) is 16.7. The zero-order valence-corrected chi connectivity index (χ0v) is 18.3. The molecule has 0 saturated carbocycles. The first kappa shape index (κ1) is 22.5. The van der Waals surface area contributed by atoms with Crippen LogP contribution in [0.3, 0.4) is 0 Å². The molecule has 3 aromatic rings. The first-order valence-electron chi connectivity index (χ1n) is 10.0. The van der Waals surface area contributed by atoms with E-state index in [0.717, 1.165) is 30.5 Å². The van der Waals surface area contributed by atoms with Gasteiger partial charge in [0.05, 0.1) is 12.1 Å². The lowest BCUT2D eigenvalue weighted by atomic mass is 9.94. The molecule has 0 unspecified atom stereocenters. The van der Waals surface area contributed by atoms with Crippen LogP contribution in [0.25, 0.3) is 0 Å². The average molecular weight is 443 g/mol. The molecule has 0 saturated heterocycles. The molecule has 3 aromatic carbocycles. The first-order valence-corrected chi connectivity index (χ1v) is 12.2. The maximum atomic E-state index is 12.4. The molecule has 0 fully saturated rings. The summed E-state index contributed by atoms with van der Waals surface area (Å²) in [5.41, 5.74) is 3.19. The lowest BCUT2D eigenvalue weighted by molar-refractivity contribution is 0.421. The summed E-state index contributed by atoms with van der Waals surface area (Å²) in [7, 11) is -3.62. The fraction of sp³-hybridized carbons (Fsp3) is 0.250. The smallest absolute Gasteiger partial charge is 0.226 e. The Balaban J connectivity index is 1.82. The van der Waals surface area contributed by atoms with Gasteiger partial charge in [0.1, 0.15) is 5.21 Å². The summed E-state index contributed by atoms with van der Waals surface area (Å²) in [5.74, 6) is 0.